The molecule has 0 aliphatic heterocycles. The van der Waals surface area contributed by atoms with Gasteiger partial charge in [0.2, 0.25) is 5.91 Å². The molecule has 0 aliphatic rings. The number of non-ortho nitro benzene ring substituents is 1. The summed E-state index contributed by atoms with van der Waals surface area (Å²) in [5.74, 6) is -0.104. The molecule has 1 unspecified atom stereocenters. The number of nitrogens with zero attached hydrogens (tertiary/aromatic N) is 1. The second-order valence-electron chi connectivity index (χ2n) is 5.44. The Morgan fingerprint density at radius 2 is 1.85 bits per heavy atom. The molecule has 0 saturated carbocycles. The summed E-state index contributed by atoms with van der Waals surface area (Å²) in [5.41, 5.74) is 1.87. The highest BCUT2D eigenvalue weighted by Gasteiger charge is 2.16. The van der Waals surface area contributed by atoms with Crippen LogP contribution in [-0.4, -0.2) is 22.6 Å². The number of amides is 1. The number of hydrogen-bond acceptors (Lipinski definition) is 5. The first-order chi connectivity index (χ1) is 12.0. The molecule has 0 spiro atoms. The number of nitro benzene ring substituents is 1. The monoisotopic (exact) mass is 395 g/mol. The van der Waals surface area contributed by atoms with Gasteiger partial charge in [0.05, 0.1) is 10.2 Å². The Hall–Kier alpha value is -2.09. The van der Waals surface area contributed by atoms with Crippen LogP contribution in [0.4, 0.5) is 11.4 Å². The molecule has 6 nitrogen and oxygen atoms in total. The van der Waals surface area contributed by atoms with Gasteiger partial charge in [-0.05, 0) is 37.2 Å². The van der Waals surface area contributed by atoms with Gasteiger partial charge in [0.15, 0.2) is 0 Å². The lowest BCUT2D eigenvalue weighted by Gasteiger charge is -2.15. The second kappa shape index (κ2) is 10.8. The maximum Gasteiger partial charge on any atom is 0.269 e. The Morgan fingerprint density at radius 3 is 2.46 bits per heavy atom. The minimum absolute atomic E-state index is 0. The lowest BCUT2D eigenvalue weighted by Crippen LogP contribution is -2.24. The van der Waals surface area contributed by atoms with Crippen molar-refractivity contribution in [1.82, 2.24) is 5.32 Å². The normalized spacial score (nSPS) is 11.3. The molecule has 1 atom stereocenters. The van der Waals surface area contributed by atoms with Gasteiger partial charge in [0.25, 0.3) is 5.69 Å². The highest BCUT2D eigenvalue weighted by molar-refractivity contribution is 8.00. The van der Waals surface area contributed by atoms with Crippen molar-refractivity contribution in [3.63, 3.8) is 0 Å². The van der Waals surface area contributed by atoms with Crippen LogP contribution in [0.15, 0.2) is 53.4 Å². The van der Waals surface area contributed by atoms with Crippen molar-refractivity contribution in [3.8, 4) is 0 Å². The van der Waals surface area contributed by atoms with Gasteiger partial charge in [-0.15, -0.1) is 24.2 Å². The molecule has 8 heteroatoms. The van der Waals surface area contributed by atoms with Crippen molar-refractivity contribution in [1.29, 1.82) is 0 Å². The summed E-state index contributed by atoms with van der Waals surface area (Å²) >= 11 is 1.36. The molecular weight excluding hydrogens is 374 g/mol. The molecule has 26 heavy (non-hydrogen) atoms. The average molecular weight is 396 g/mol. The van der Waals surface area contributed by atoms with Gasteiger partial charge in [0.1, 0.15) is 0 Å². The summed E-state index contributed by atoms with van der Waals surface area (Å²) in [6.45, 7) is 5.39. The van der Waals surface area contributed by atoms with Crippen molar-refractivity contribution >= 4 is 41.5 Å². The molecule has 2 aromatic rings. The molecule has 2 aromatic carbocycles. The van der Waals surface area contributed by atoms with Gasteiger partial charge in [-0.25, -0.2) is 0 Å². The van der Waals surface area contributed by atoms with E-state index in [-0.39, 0.29) is 29.3 Å². The van der Waals surface area contributed by atoms with E-state index in [4.69, 9.17) is 0 Å². The van der Waals surface area contributed by atoms with Crippen molar-refractivity contribution in [3.05, 3.63) is 64.2 Å². The number of rotatable bonds is 8. The van der Waals surface area contributed by atoms with Crippen LogP contribution in [0.1, 0.15) is 19.4 Å². The zero-order chi connectivity index (χ0) is 18.2. The van der Waals surface area contributed by atoms with Gasteiger partial charge in [-0.3, -0.25) is 14.9 Å². The van der Waals surface area contributed by atoms with E-state index in [1.807, 2.05) is 38.1 Å². The Kier molecular flexibility index (Phi) is 9.12. The molecule has 0 heterocycles. The van der Waals surface area contributed by atoms with E-state index in [1.54, 1.807) is 12.1 Å². The lowest BCUT2D eigenvalue weighted by molar-refractivity contribution is -0.384. The summed E-state index contributed by atoms with van der Waals surface area (Å²) in [6.07, 6.45) is 0. The minimum Gasteiger partial charge on any atom is -0.325 e. The fourth-order valence-electron chi connectivity index (χ4n) is 2.19. The third-order valence-electron chi connectivity index (χ3n) is 3.57. The number of thioether (sulfide) groups is 1. The van der Waals surface area contributed by atoms with Crippen LogP contribution in [-0.2, 0) is 11.3 Å². The van der Waals surface area contributed by atoms with E-state index in [1.165, 1.54) is 23.9 Å². The van der Waals surface area contributed by atoms with Crippen LogP contribution in [0.2, 0.25) is 0 Å². The van der Waals surface area contributed by atoms with Crippen LogP contribution < -0.4 is 10.6 Å². The fourth-order valence-corrected chi connectivity index (χ4v) is 3.06. The highest BCUT2D eigenvalue weighted by atomic mass is 35.5. The maximum atomic E-state index is 12.5. The Bertz CT molecular complexity index is 741. The van der Waals surface area contributed by atoms with E-state index in [9.17, 15) is 14.9 Å². The van der Waals surface area contributed by atoms with E-state index in [2.05, 4.69) is 10.6 Å². The first kappa shape index (κ1) is 22.0. The van der Waals surface area contributed by atoms with Crippen LogP contribution in [0.3, 0.4) is 0 Å². The van der Waals surface area contributed by atoms with Crippen molar-refractivity contribution in [2.75, 3.05) is 11.9 Å². The molecular formula is C18H22ClN3O3S. The Morgan fingerprint density at radius 1 is 1.19 bits per heavy atom. The van der Waals surface area contributed by atoms with E-state index in [0.29, 0.717) is 6.54 Å². The van der Waals surface area contributed by atoms with Gasteiger partial charge in [0, 0.05) is 29.3 Å². The summed E-state index contributed by atoms with van der Waals surface area (Å²) in [4.78, 5) is 23.5. The number of halogens is 1. The van der Waals surface area contributed by atoms with Crippen molar-refractivity contribution in [2.45, 2.75) is 30.5 Å². The molecule has 1 amide bonds. The minimum atomic E-state index is -0.439. The van der Waals surface area contributed by atoms with Gasteiger partial charge >= 0.3 is 0 Å². The number of carbonyl (C=O) groups is 1. The molecule has 0 bridgehead atoms. The first-order valence-electron chi connectivity index (χ1n) is 8.02. The maximum absolute atomic E-state index is 12.5. The predicted octanol–water partition coefficient (Wildman–Crippen LogP) is 4.25. The molecule has 2 rings (SSSR count). The van der Waals surface area contributed by atoms with Gasteiger partial charge < -0.3 is 10.6 Å². The highest BCUT2D eigenvalue weighted by Crippen LogP contribution is 2.26. The molecule has 0 aromatic heterocycles. The van der Waals surface area contributed by atoms with Crippen molar-refractivity contribution < 1.29 is 9.72 Å². The predicted molar refractivity (Wildman–Crippen MR) is 108 cm³/mol. The second-order valence-corrected chi connectivity index (χ2v) is 6.85. The van der Waals surface area contributed by atoms with Crippen molar-refractivity contribution in [2.24, 2.45) is 0 Å². The van der Waals surface area contributed by atoms with Gasteiger partial charge in [-0.2, -0.15) is 0 Å². The first-order valence-corrected chi connectivity index (χ1v) is 8.89. The summed E-state index contributed by atoms with van der Waals surface area (Å²) in [7, 11) is 0. The standard InChI is InChI=1S/C18H21N3O3S.ClH/c1-3-19-12-14-6-4-5-7-17(14)20-18(22)13(2)25-16-10-8-15(9-11-16)21(23)24;/h4-11,13,19H,3,12H2,1-2H3,(H,20,22);1H. The number of anilines is 1. The number of hydrogen-bond donors (Lipinski definition) is 2. The van der Waals surface area contributed by atoms with Crippen LogP contribution in [0, 0.1) is 10.1 Å². The number of carbonyl (C=O) groups excluding carboxylic acids is 1. The number of nitrogens with one attached hydrogen (secondary N) is 2. The third-order valence-corrected chi connectivity index (χ3v) is 4.68. The summed E-state index contributed by atoms with van der Waals surface area (Å²) < 4.78 is 0. The topological polar surface area (TPSA) is 84.3 Å². The number of para-hydroxylation sites is 1. The zero-order valence-corrected chi connectivity index (χ0v) is 16.2. The zero-order valence-electron chi connectivity index (χ0n) is 14.6. The van der Waals surface area contributed by atoms with Crippen LogP contribution in [0.5, 0.6) is 0 Å². The average Bonchev–Trinajstić information content (AvgIpc) is 2.61. The summed E-state index contributed by atoms with van der Waals surface area (Å²) in [5, 5.41) is 16.6. The molecule has 0 saturated heterocycles. The molecule has 0 aliphatic carbocycles. The van der Waals surface area contributed by atoms with E-state index in [0.717, 1.165) is 22.7 Å². The van der Waals surface area contributed by atoms with Gasteiger partial charge in [-0.1, -0.05) is 25.1 Å². The van der Waals surface area contributed by atoms with Crippen LogP contribution >= 0.6 is 24.2 Å². The third kappa shape index (κ3) is 6.33. The Balaban J connectivity index is 0.00000338. The molecule has 0 radical (unpaired) electrons. The van der Waals surface area contributed by atoms with E-state index >= 15 is 0 Å². The SMILES string of the molecule is CCNCc1ccccc1NC(=O)C(C)Sc1ccc([N+](=O)[O-])cc1.Cl. The Labute approximate surface area is 163 Å². The number of benzene rings is 2. The molecule has 0 fully saturated rings. The molecule has 140 valence electrons. The largest absolute Gasteiger partial charge is 0.325 e. The summed E-state index contributed by atoms with van der Waals surface area (Å²) in [6, 6.07) is 13.9. The lowest BCUT2D eigenvalue weighted by atomic mass is 10.1. The fraction of sp³-hybridized carbons (Fsp3) is 0.278. The quantitative estimate of drug-likeness (QED) is 0.396. The van der Waals surface area contributed by atoms with E-state index < -0.39 is 4.92 Å². The molecule has 2 N–H and O–H groups in total. The van der Waals surface area contributed by atoms with Crippen LogP contribution in [0.25, 0.3) is 0 Å². The smallest absolute Gasteiger partial charge is 0.269 e. The number of nitro groups is 1.